The van der Waals surface area contributed by atoms with Gasteiger partial charge in [-0.05, 0) is 43.5 Å². The average Bonchev–Trinajstić information content (AvgIpc) is 3.56. The Labute approximate surface area is 197 Å². The number of anilines is 1. The van der Waals surface area contributed by atoms with E-state index in [4.69, 9.17) is 4.98 Å². The van der Waals surface area contributed by atoms with Gasteiger partial charge in [0, 0.05) is 38.1 Å². The largest absolute Gasteiger partial charge is 0.573 e. The predicted molar refractivity (Wildman–Crippen MR) is 121 cm³/mol. The molecule has 2 fully saturated rings. The minimum atomic E-state index is -4.92. The van der Waals surface area contributed by atoms with Crippen LogP contribution < -0.4 is 20.3 Å². The van der Waals surface area contributed by atoms with Crippen molar-refractivity contribution in [3.63, 3.8) is 0 Å². The van der Waals surface area contributed by atoms with E-state index in [2.05, 4.69) is 30.2 Å². The fourth-order valence-corrected chi connectivity index (χ4v) is 4.89. The lowest BCUT2D eigenvalue weighted by atomic mass is 10.1. The fraction of sp³-hybridized carbons (Fsp3) is 0.500. The Kier molecular flexibility index (Phi) is 6.54. The zero-order valence-corrected chi connectivity index (χ0v) is 19.1. The van der Waals surface area contributed by atoms with Crippen LogP contribution in [0.1, 0.15) is 36.6 Å². The van der Waals surface area contributed by atoms with Crippen molar-refractivity contribution in [2.75, 3.05) is 31.1 Å². The summed E-state index contributed by atoms with van der Waals surface area (Å²) in [7, 11) is 0. The highest BCUT2D eigenvalue weighted by Gasteiger charge is 2.32. The molecule has 1 aromatic carbocycles. The molecule has 0 unspecified atom stereocenters. The van der Waals surface area contributed by atoms with Gasteiger partial charge in [0.05, 0.1) is 10.9 Å². The number of alkyl halides is 3. The first-order valence-corrected chi connectivity index (χ1v) is 12.0. The SMILES string of the molecule is Fc1cc(CNCC[C@H]2CN(c3nc4nc(C5CC5)ncc4s3)CCN2)ccc1OC(F)(F)F. The lowest BCUT2D eigenvalue weighted by Crippen LogP contribution is -2.51. The van der Waals surface area contributed by atoms with Gasteiger partial charge in [-0.1, -0.05) is 17.4 Å². The van der Waals surface area contributed by atoms with Crippen molar-refractivity contribution in [2.45, 2.75) is 44.1 Å². The normalized spacial score (nSPS) is 19.1. The second-order valence-corrected chi connectivity index (χ2v) is 9.57. The molecule has 0 amide bonds. The first-order chi connectivity index (χ1) is 16.3. The monoisotopic (exact) mass is 496 g/mol. The van der Waals surface area contributed by atoms with Gasteiger partial charge in [-0.2, -0.15) is 4.98 Å². The van der Waals surface area contributed by atoms with Gasteiger partial charge in [-0.25, -0.2) is 14.4 Å². The number of rotatable bonds is 8. The Balaban J connectivity index is 1.11. The summed E-state index contributed by atoms with van der Waals surface area (Å²) in [6, 6.07) is 3.72. The van der Waals surface area contributed by atoms with E-state index in [1.54, 1.807) is 11.3 Å². The number of hydrogen-bond donors (Lipinski definition) is 2. The van der Waals surface area contributed by atoms with Crippen LogP contribution in [0, 0.1) is 5.82 Å². The summed E-state index contributed by atoms with van der Waals surface area (Å²) in [5.74, 6) is -0.470. The molecule has 0 spiro atoms. The van der Waals surface area contributed by atoms with Gasteiger partial charge in [0.1, 0.15) is 5.82 Å². The van der Waals surface area contributed by atoms with Crippen molar-refractivity contribution in [3.8, 4) is 5.75 Å². The van der Waals surface area contributed by atoms with Gasteiger partial charge in [0.15, 0.2) is 22.3 Å². The van der Waals surface area contributed by atoms with Gasteiger partial charge in [0.2, 0.25) is 0 Å². The molecule has 7 nitrogen and oxygen atoms in total. The third kappa shape index (κ3) is 5.73. The van der Waals surface area contributed by atoms with E-state index < -0.39 is 17.9 Å². The Bertz CT molecular complexity index is 1150. The number of halogens is 4. The lowest BCUT2D eigenvalue weighted by molar-refractivity contribution is -0.275. The van der Waals surface area contributed by atoms with Crippen molar-refractivity contribution < 1.29 is 22.3 Å². The van der Waals surface area contributed by atoms with Crippen LogP contribution >= 0.6 is 11.3 Å². The highest BCUT2D eigenvalue weighted by molar-refractivity contribution is 7.22. The maximum atomic E-state index is 13.8. The molecule has 0 radical (unpaired) electrons. The van der Waals surface area contributed by atoms with E-state index in [0.29, 0.717) is 24.6 Å². The zero-order chi connectivity index (χ0) is 23.7. The number of piperazine rings is 1. The number of nitrogens with one attached hydrogen (secondary N) is 2. The van der Waals surface area contributed by atoms with Crippen LogP contribution in [-0.4, -0.2) is 53.5 Å². The van der Waals surface area contributed by atoms with Crippen LogP contribution in [-0.2, 0) is 6.54 Å². The fourth-order valence-electron chi connectivity index (χ4n) is 3.98. The highest BCUT2D eigenvalue weighted by atomic mass is 32.1. The molecule has 1 aliphatic heterocycles. The third-order valence-corrected chi connectivity index (χ3v) is 6.89. The Morgan fingerprint density at radius 2 is 2.09 bits per heavy atom. The molecule has 1 saturated carbocycles. The summed E-state index contributed by atoms with van der Waals surface area (Å²) < 4.78 is 55.3. The third-order valence-electron chi connectivity index (χ3n) is 5.85. The number of aromatic nitrogens is 3. The smallest absolute Gasteiger partial charge is 0.403 e. The quantitative estimate of drug-likeness (QED) is 0.361. The van der Waals surface area contributed by atoms with E-state index in [1.165, 1.54) is 6.07 Å². The van der Waals surface area contributed by atoms with Gasteiger partial charge in [0.25, 0.3) is 0 Å². The first-order valence-electron chi connectivity index (χ1n) is 11.2. The maximum Gasteiger partial charge on any atom is 0.573 e. The standard InChI is InChI=1S/C22H24F4N6OS/c23-16-9-13(1-4-17(16)33-22(24,25)26)10-27-6-5-15-12-32(8-7-28-15)21-31-20-18(34-21)11-29-19(30-20)14-2-3-14/h1,4,9,11,14-15,27-28H,2-3,5-8,10,12H2/t15-/m0/s1. The van der Waals surface area contributed by atoms with Gasteiger partial charge in [-0.15, -0.1) is 13.2 Å². The van der Waals surface area contributed by atoms with E-state index in [1.807, 2.05) is 6.20 Å². The molecule has 2 aromatic heterocycles. The van der Waals surface area contributed by atoms with E-state index in [-0.39, 0.29) is 6.04 Å². The van der Waals surface area contributed by atoms with Crippen LogP contribution in [0.25, 0.3) is 10.3 Å². The molecule has 3 heterocycles. The molecule has 2 aliphatic rings. The van der Waals surface area contributed by atoms with Crippen LogP contribution in [0.4, 0.5) is 22.7 Å². The molecule has 2 N–H and O–H groups in total. The molecule has 1 atom stereocenters. The molecule has 3 aromatic rings. The summed E-state index contributed by atoms with van der Waals surface area (Å²) in [6.45, 7) is 3.52. The Morgan fingerprint density at radius 1 is 1.24 bits per heavy atom. The van der Waals surface area contributed by atoms with Crippen molar-refractivity contribution in [1.82, 2.24) is 25.6 Å². The number of fused-ring (bicyclic) bond motifs is 1. The van der Waals surface area contributed by atoms with Crippen LogP contribution in [0.2, 0.25) is 0 Å². The number of thiazole rings is 1. The molecule has 34 heavy (non-hydrogen) atoms. The molecule has 1 aliphatic carbocycles. The lowest BCUT2D eigenvalue weighted by Gasteiger charge is -2.33. The molecule has 12 heteroatoms. The van der Waals surface area contributed by atoms with Crippen LogP contribution in [0.5, 0.6) is 5.75 Å². The van der Waals surface area contributed by atoms with Crippen molar-refractivity contribution in [1.29, 1.82) is 0 Å². The second-order valence-electron chi connectivity index (χ2n) is 8.56. The van der Waals surface area contributed by atoms with E-state index in [0.717, 1.165) is 72.3 Å². The van der Waals surface area contributed by atoms with Crippen molar-refractivity contribution in [3.05, 3.63) is 41.6 Å². The molecule has 1 saturated heterocycles. The van der Waals surface area contributed by atoms with Gasteiger partial charge in [-0.3, -0.25) is 0 Å². The molecule has 182 valence electrons. The second kappa shape index (κ2) is 9.59. The Morgan fingerprint density at radius 3 is 2.85 bits per heavy atom. The molecule has 5 rings (SSSR count). The minimum Gasteiger partial charge on any atom is -0.403 e. The molecular formula is C22H24F4N6OS. The van der Waals surface area contributed by atoms with Crippen molar-refractivity contribution in [2.24, 2.45) is 0 Å². The maximum absolute atomic E-state index is 13.8. The topological polar surface area (TPSA) is 75.2 Å². The van der Waals surface area contributed by atoms with Crippen LogP contribution in [0.3, 0.4) is 0 Å². The summed E-state index contributed by atoms with van der Waals surface area (Å²) in [4.78, 5) is 16.1. The zero-order valence-electron chi connectivity index (χ0n) is 18.2. The molecule has 0 bridgehead atoms. The Hall–Kier alpha value is -2.57. The highest BCUT2D eigenvalue weighted by Crippen LogP contribution is 2.39. The summed E-state index contributed by atoms with van der Waals surface area (Å²) in [5.41, 5.74) is 1.32. The summed E-state index contributed by atoms with van der Waals surface area (Å²) in [6.07, 6.45) is 0.113. The predicted octanol–water partition coefficient (Wildman–Crippen LogP) is 3.96. The first kappa shape index (κ1) is 23.2. The van der Waals surface area contributed by atoms with Crippen molar-refractivity contribution >= 4 is 26.8 Å². The van der Waals surface area contributed by atoms with Gasteiger partial charge >= 0.3 is 6.36 Å². The number of ether oxygens (including phenoxy) is 1. The minimum absolute atomic E-state index is 0.251. The average molecular weight is 497 g/mol. The van der Waals surface area contributed by atoms with E-state index in [9.17, 15) is 17.6 Å². The summed E-state index contributed by atoms with van der Waals surface area (Å²) in [5, 5.41) is 7.68. The number of benzene rings is 1. The number of hydrogen-bond acceptors (Lipinski definition) is 8. The van der Waals surface area contributed by atoms with Gasteiger partial charge < -0.3 is 20.3 Å². The summed E-state index contributed by atoms with van der Waals surface area (Å²) >= 11 is 1.61. The molecular weight excluding hydrogens is 472 g/mol. The van der Waals surface area contributed by atoms with Crippen LogP contribution in [0.15, 0.2) is 24.4 Å². The van der Waals surface area contributed by atoms with E-state index >= 15 is 0 Å². The number of nitrogens with zero attached hydrogens (tertiary/aromatic N) is 4.